The Kier molecular flexibility index (Phi) is 8.12. The molecular formula is C23H30N4O4. The van der Waals surface area contributed by atoms with E-state index in [1.165, 1.54) is 5.69 Å². The molecule has 1 aliphatic rings. The molecule has 0 spiro atoms. The minimum Gasteiger partial charge on any atom is -0.497 e. The number of ether oxygens (including phenoxy) is 2. The van der Waals surface area contributed by atoms with Gasteiger partial charge in [0.05, 0.1) is 14.2 Å². The highest BCUT2D eigenvalue weighted by atomic mass is 16.5. The maximum atomic E-state index is 12.0. The number of piperazine rings is 1. The minimum absolute atomic E-state index is 0.295. The zero-order chi connectivity index (χ0) is 22.1. The average Bonchev–Trinajstić information content (AvgIpc) is 2.83. The van der Waals surface area contributed by atoms with Crippen LogP contribution in [-0.2, 0) is 16.1 Å². The van der Waals surface area contributed by atoms with Gasteiger partial charge in [0.15, 0.2) is 0 Å². The van der Waals surface area contributed by atoms with Gasteiger partial charge in [0, 0.05) is 51.5 Å². The van der Waals surface area contributed by atoms with Crippen LogP contribution in [0.25, 0.3) is 0 Å². The molecule has 3 rings (SSSR count). The summed E-state index contributed by atoms with van der Waals surface area (Å²) in [6.45, 7) is 5.11. The first-order valence-corrected chi connectivity index (χ1v) is 10.4. The maximum absolute atomic E-state index is 12.0. The molecule has 1 fully saturated rings. The van der Waals surface area contributed by atoms with Crippen LogP contribution in [0.3, 0.4) is 0 Å². The highest BCUT2D eigenvalue weighted by molar-refractivity contribution is 6.35. The summed E-state index contributed by atoms with van der Waals surface area (Å²) >= 11 is 0. The van der Waals surface area contributed by atoms with Gasteiger partial charge in [-0.1, -0.05) is 12.1 Å². The van der Waals surface area contributed by atoms with E-state index in [-0.39, 0.29) is 0 Å². The van der Waals surface area contributed by atoms with Crippen LogP contribution in [-0.4, -0.2) is 70.2 Å². The van der Waals surface area contributed by atoms with Crippen molar-refractivity contribution in [3.8, 4) is 11.5 Å². The van der Waals surface area contributed by atoms with Gasteiger partial charge in [-0.2, -0.15) is 0 Å². The van der Waals surface area contributed by atoms with Crippen molar-refractivity contribution in [3.05, 3.63) is 54.1 Å². The topological polar surface area (TPSA) is 83.1 Å². The quantitative estimate of drug-likeness (QED) is 0.619. The molecule has 8 nitrogen and oxygen atoms in total. The van der Waals surface area contributed by atoms with Gasteiger partial charge in [-0.15, -0.1) is 0 Å². The fraction of sp³-hybridized carbons (Fsp3) is 0.391. The molecule has 166 valence electrons. The Morgan fingerprint density at radius 1 is 0.806 bits per heavy atom. The van der Waals surface area contributed by atoms with Crippen molar-refractivity contribution in [3.63, 3.8) is 0 Å². The monoisotopic (exact) mass is 426 g/mol. The van der Waals surface area contributed by atoms with Gasteiger partial charge in [-0.05, 0) is 42.0 Å². The third-order valence-electron chi connectivity index (χ3n) is 5.34. The predicted molar refractivity (Wildman–Crippen MR) is 119 cm³/mol. The van der Waals surface area contributed by atoms with Gasteiger partial charge in [0.2, 0.25) is 0 Å². The Hall–Kier alpha value is -3.26. The zero-order valence-electron chi connectivity index (χ0n) is 18.1. The van der Waals surface area contributed by atoms with E-state index >= 15 is 0 Å². The summed E-state index contributed by atoms with van der Waals surface area (Å²) in [7, 11) is 3.26. The number of hydrogen-bond acceptors (Lipinski definition) is 6. The molecule has 0 atom stereocenters. The van der Waals surface area contributed by atoms with Crippen LogP contribution in [0, 0.1) is 0 Å². The minimum atomic E-state index is -0.625. The molecule has 1 saturated heterocycles. The normalized spacial score (nSPS) is 14.1. The Morgan fingerprint density at radius 3 is 1.94 bits per heavy atom. The molecule has 2 aromatic rings. The van der Waals surface area contributed by atoms with E-state index in [0.29, 0.717) is 19.6 Å². The summed E-state index contributed by atoms with van der Waals surface area (Å²) in [6, 6.07) is 15.4. The maximum Gasteiger partial charge on any atom is 0.309 e. The molecule has 1 heterocycles. The van der Waals surface area contributed by atoms with E-state index in [1.807, 2.05) is 36.4 Å². The second kappa shape index (κ2) is 11.2. The Labute approximate surface area is 183 Å². The zero-order valence-corrected chi connectivity index (χ0v) is 18.1. The van der Waals surface area contributed by atoms with E-state index in [0.717, 1.165) is 43.2 Å². The second-order valence-electron chi connectivity index (χ2n) is 7.31. The van der Waals surface area contributed by atoms with Crippen molar-refractivity contribution in [2.75, 3.05) is 58.4 Å². The predicted octanol–water partition coefficient (Wildman–Crippen LogP) is 1.26. The van der Waals surface area contributed by atoms with Gasteiger partial charge in [0.1, 0.15) is 11.5 Å². The van der Waals surface area contributed by atoms with E-state index in [1.54, 1.807) is 14.2 Å². The molecule has 0 saturated carbocycles. The molecular weight excluding hydrogens is 396 g/mol. The van der Waals surface area contributed by atoms with Crippen molar-refractivity contribution in [1.82, 2.24) is 15.5 Å². The van der Waals surface area contributed by atoms with Gasteiger partial charge >= 0.3 is 11.8 Å². The number of anilines is 1. The molecule has 2 amide bonds. The fourth-order valence-electron chi connectivity index (χ4n) is 3.44. The molecule has 2 N–H and O–H groups in total. The van der Waals surface area contributed by atoms with Crippen LogP contribution in [0.15, 0.2) is 48.5 Å². The lowest BCUT2D eigenvalue weighted by Gasteiger charge is -2.36. The van der Waals surface area contributed by atoms with Crippen molar-refractivity contribution < 1.29 is 19.1 Å². The largest absolute Gasteiger partial charge is 0.497 e. The molecule has 0 aromatic heterocycles. The number of carbonyl (C=O) groups excluding carboxylic acids is 2. The fourth-order valence-corrected chi connectivity index (χ4v) is 3.44. The molecule has 31 heavy (non-hydrogen) atoms. The smallest absolute Gasteiger partial charge is 0.309 e. The SMILES string of the molecule is COc1ccc(CNC(=O)C(=O)NCCN2CCN(c3ccc(OC)cc3)CC2)cc1. The van der Waals surface area contributed by atoms with E-state index in [4.69, 9.17) is 9.47 Å². The lowest BCUT2D eigenvalue weighted by Crippen LogP contribution is -2.49. The van der Waals surface area contributed by atoms with Crippen LogP contribution >= 0.6 is 0 Å². The average molecular weight is 427 g/mol. The summed E-state index contributed by atoms with van der Waals surface area (Å²) in [4.78, 5) is 28.6. The lowest BCUT2D eigenvalue weighted by molar-refractivity contribution is -0.139. The number of benzene rings is 2. The van der Waals surface area contributed by atoms with Gasteiger partial charge in [0.25, 0.3) is 0 Å². The number of nitrogens with zero attached hydrogens (tertiary/aromatic N) is 2. The second-order valence-corrected chi connectivity index (χ2v) is 7.31. The lowest BCUT2D eigenvalue weighted by atomic mass is 10.2. The summed E-state index contributed by atoms with van der Waals surface area (Å²) in [5, 5.41) is 5.34. The van der Waals surface area contributed by atoms with Crippen molar-refractivity contribution in [2.45, 2.75) is 6.54 Å². The van der Waals surface area contributed by atoms with Gasteiger partial charge < -0.3 is 25.0 Å². The van der Waals surface area contributed by atoms with Crippen LogP contribution < -0.4 is 25.0 Å². The van der Waals surface area contributed by atoms with Crippen LogP contribution in [0.1, 0.15) is 5.56 Å². The molecule has 0 bridgehead atoms. The Morgan fingerprint density at radius 2 is 1.35 bits per heavy atom. The molecule has 2 aromatic carbocycles. The summed E-state index contributed by atoms with van der Waals surface area (Å²) < 4.78 is 10.3. The first kappa shape index (κ1) is 22.4. The number of carbonyl (C=O) groups is 2. The Bertz CT molecular complexity index is 847. The summed E-state index contributed by atoms with van der Waals surface area (Å²) in [5.41, 5.74) is 2.08. The van der Waals surface area contributed by atoms with Crippen LogP contribution in [0.4, 0.5) is 5.69 Å². The van der Waals surface area contributed by atoms with E-state index < -0.39 is 11.8 Å². The number of methoxy groups -OCH3 is 2. The van der Waals surface area contributed by atoms with Crippen molar-refractivity contribution in [1.29, 1.82) is 0 Å². The summed E-state index contributed by atoms with van der Waals surface area (Å²) in [5.74, 6) is 0.370. The molecule has 0 unspecified atom stereocenters. The number of hydrogen-bond donors (Lipinski definition) is 2. The number of amides is 2. The molecule has 0 radical (unpaired) electrons. The van der Waals surface area contributed by atoms with E-state index in [9.17, 15) is 9.59 Å². The molecule has 1 aliphatic heterocycles. The number of rotatable bonds is 8. The van der Waals surface area contributed by atoms with Crippen LogP contribution in [0.5, 0.6) is 11.5 Å². The van der Waals surface area contributed by atoms with Gasteiger partial charge in [-0.3, -0.25) is 14.5 Å². The summed E-state index contributed by atoms with van der Waals surface area (Å²) in [6.07, 6.45) is 0. The van der Waals surface area contributed by atoms with Crippen molar-refractivity contribution in [2.24, 2.45) is 0 Å². The van der Waals surface area contributed by atoms with Crippen LogP contribution in [0.2, 0.25) is 0 Å². The first-order chi connectivity index (χ1) is 15.1. The first-order valence-electron chi connectivity index (χ1n) is 10.4. The highest BCUT2D eigenvalue weighted by Crippen LogP contribution is 2.20. The van der Waals surface area contributed by atoms with Crippen molar-refractivity contribution >= 4 is 17.5 Å². The van der Waals surface area contributed by atoms with Gasteiger partial charge in [-0.25, -0.2) is 0 Å². The van der Waals surface area contributed by atoms with E-state index in [2.05, 4.69) is 32.6 Å². The highest BCUT2D eigenvalue weighted by Gasteiger charge is 2.18. The third-order valence-corrected chi connectivity index (χ3v) is 5.34. The third kappa shape index (κ3) is 6.62. The molecule has 8 heteroatoms. The molecule has 0 aliphatic carbocycles. The number of nitrogens with one attached hydrogen (secondary N) is 2. The standard InChI is InChI=1S/C23H30N4O4/c1-30-20-7-3-18(4-8-20)17-25-23(29)22(28)24-11-12-26-13-15-27(16-14-26)19-5-9-21(31-2)10-6-19/h3-10H,11-17H2,1-2H3,(H,24,28)(H,25,29). The Balaban J connectivity index is 1.32.